The van der Waals surface area contributed by atoms with Crippen LogP contribution in [-0.2, 0) is 42.9 Å². The zero-order valence-corrected chi connectivity index (χ0v) is 19.5. The SMILES string of the molecule is CC(=O)OC[C@H]1O[C@H](Oc2cc([N+](=O)[O-])c(F)cc2C)[C@@H](OC(C)=O)[C@@H](OC(C)=O)[C@@H]1OC(C)=O. The summed E-state index contributed by atoms with van der Waals surface area (Å²) in [6.07, 6.45) is -7.32. The molecule has 0 bridgehead atoms. The number of carbonyl (C=O) groups is 4. The maximum atomic E-state index is 14.0. The average Bonchev–Trinajstić information content (AvgIpc) is 2.71. The Morgan fingerprint density at radius 2 is 1.49 bits per heavy atom. The van der Waals surface area contributed by atoms with Gasteiger partial charge in [-0.1, -0.05) is 0 Å². The Hall–Kier alpha value is -3.81. The average molecular weight is 501 g/mol. The molecule has 14 heteroatoms. The van der Waals surface area contributed by atoms with E-state index in [4.69, 9.17) is 28.4 Å². The number of nitro benzene ring substituents is 1. The molecule has 13 nitrogen and oxygen atoms in total. The molecule has 0 aliphatic carbocycles. The second kappa shape index (κ2) is 11.6. The third kappa shape index (κ3) is 7.34. The van der Waals surface area contributed by atoms with E-state index in [0.29, 0.717) is 0 Å². The number of halogens is 1. The van der Waals surface area contributed by atoms with Crippen molar-refractivity contribution in [2.75, 3.05) is 6.61 Å². The smallest absolute Gasteiger partial charge is 0.308 e. The molecule has 2 rings (SSSR count). The van der Waals surface area contributed by atoms with Gasteiger partial charge in [-0.05, 0) is 18.6 Å². The van der Waals surface area contributed by atoms with Gasteiger partial charge in [0, 0.05) is 27.7 Å². The van der Waals surface area contributed by atoms with Crippen molar-refractivity contribution in [3.05, 3.63) is 33.6 Å². The fourth-order valence-electron chi connectivity index (χ4n) is 3.32. The van der Waals surface area contributed by atoms with Crippen molar-refractivity contribution in [1.82, 2.24) is 0 Å². The van der Waals surface area contributed by atoms with Crippen LogP contribution >= 0.6 is 0 Å². The Kier molecular flexibility index (Phi) is 9.05. The van der Waals surface area contributed by atoms with Crippen molar-refractivity contribution in [3.8, 4) is 5.75 Å². The first kappa shape index (κ1) is 27.4. The largest absolute Gasteiger partial charge is 0.463 e. The Bertz CT molecular complexity index is 1010. The van der Waals surface area contributed by atoms with E-state index >= 15 is 0 Å². The summed E-state index contributed by atoms with van der Waals surface area (Å²) < 4.78 is 46.1. The summed E-state index contributed by atoms with van der Waals surface area (Å²) >= 11 is 0. The van der Waals surface area contributed by atoms with Crippen LogP contribution in [-0.4, -0.2) is 66.1 Å². The lowest BCUT2D eigenvalue weighted by atomic mass is 9.98. The van der Waals surface area contributed by atoms with Crippen molar-refractivity contribution < 1.29 is 56.9 Å². The molecule has 1 aliphatic heterocycles. The Morgan fingerprint density at radius 3 is 2.00 bits per heavy atom. The number of hydrogen-bond acceptors (Lipinski definition) is 12. The molecular weight excluding hydrogens is 477 g/mol. The highest BCUT2D eigenvalue weighted by atomic mass is 19.1. The molecule has 1 saturated heterocycles. The van der Waals surface area contributed by atoms with Crippen molar-refractivity contribution in [2.24, 2.45) is 0 Å². The Labute approximate surface area is 198 Å². The third-order valence-corrected chi connectivity index (χ3v) is 4.63. The quantitative estimate of drug-likeness (QED) is 0.218. The van der Waals surface area contributed by atoms with E-state index in [-0.39, 0.29) is 11.3 Å². The van der Waals surface area contributed by atoms with Crippen LogP contribution in [0.5, 0.6) is 5.75 Å². The molecule has 1 fully saturated rings. The first-order chi connectivity index (χ1) is 16.3. The minimum atomic E-state index is -1.61. The molecule has 0 saturated carbocycles. The van der Waals surface area contributed by atoms with Crippen molar-refractivity contribution in [3.63, 3.8) is 0 Å². The van der Waals surface area contributed by atoms with Gasteiger partial charge in [0.05, 0.1) is 11.0 Å². The van der Waals surface area contributed by atoms with Gasteiger partial charge in [0.1, 0.15) is 18.5 Å². The summed E-state index contributed by atoms with van der Waals surface area (Å²) in [5, 5.41) is 11.2. The second-order valence-corrected chi connectivity index (χ2v) is 7.51. The molecule has 1 aliphatic rings. The summed E-state index contributed by atoms with van der Waals surface area (Å²) in [4.78, 5) is 57.0. The molecule has 1 aromatic rings. The molecule has 0 radical (unpaired) electrons. The molecular formula is C21H24FNO12. The van der Waals surface area contributed by atoms with Crippen molar-refractivity contribution in [2.45, 2.75) is 65.3 Å². The van der Waals surface area contributed by atoms with E-state index in [1.807, 2.05) is 0 Å². The molecule has 192 valence electrons. The maximum absolute atomic E-state index is 14.0. The summed E-state index contributed by atoms with van der Waals surface area (Å²) in [6.45, 7) is 5.19. The highest BCUT2D eigenvalue weighted by Gasteiger charge is 2.53. The summed E-state index contributed by atoms with van der Waals surface area (Å²) in [5.41, 5.74) is -0.766. The van der Waals surface area contributed by atoms with Gasteiger partial charge in [-0.2, -0.15) is 4.39 Å². The van der Waals surface area contributed by atoms with Gasteiger partial charge in [-0.3, -0.25) is 29.3 Å². The Balaban J connectivity index is 2.55. The zero-order valence-electron chi connectivity index (χ0n) is 19.5. The normalized spacial score (nSPS) is 23.5. The minimum Gasteiger partial charge on any atom is -0.463 e. The summed E-state index contributed by atoms with van der Waals surface area (Å²) in [6, 6.07) is 1.66. The standard InChI is InChI=1S/C21H24FNO12/c1-9-6-14(22)15(23(28)29)7-16(9)34-21-20(33-13(5)27)19(32-12(4)26)18(31-11(3)25)17(35-21)8-30-10(2)24/h6-7,17-21H,8H2,1-5H3/t17-,18-,19+,20+,21+/m1/s1. The third-order valence-electron chi connectivity index (χ3n) is 4.63. The van der Waals surface area contributed by atoms with Crippen molar-refractivity contribution in [1.29, 1.82) is 0 Å². The number of rotatable bonds is 8. The lowest BCUT2D eigenvalue weighted by Gasteiger charge is -2.44. The van der Waals surface area contributed by atoms with Crippen LogP contribution in [0.15, 0.2) is 12.1 Å². The van der Waals surface area contributed by atoms with Crippen LogP contribution in [0.1, 0.15) is 33.3 Å². The number of carbonyl (C=O) groups excluding carboxylic acids is 4. The van der Waals surface area contributed by atoms with Gasteiger partial charge < -0.3 is 28.4 Å². The fourth-order valence-corrected chi connectivity index (χ4v) is 3.32. The van der Waals surface area contributed by atoms with Crippen LogP contribution in [0.25, 0.3) is 0 Å². The van der Waals surface area contributed by atoms with E-state index in [2.05, 4.69) is 0 Å². The lowest BCUT2D eigenvalue weighted by molar-refractivity contribution is -0.387. The number of ether oxygens (including phenoxy) is 6. The Morgan fingerprint density at radius 1 is 0.943 bits per heavy atom. The van der Waals surface area contributed by atoms with Gasteiger partial charge in [-0.15, -0.1) is 0 Å². The summed E-state index contributed by atoms with van der Waals surface area (Å²) in [7, 11) is 0. The van der Waals surface area contributed by atoms with E-state index < -0.39 is 77.6 Å². The van der Waals surface area contributed by atoms with Crippen LogP contribution < -0.4 is 4.74 Å². The molecule has 0 amide bonds. The number of esters is 4. The number of nitrogens with zero attached hydrogens (tertiary/aromatic N) is 1. The van der Waals surface area contributed by atoms with E-state index in [1.54, 1.807) is 0 Å². The first-order valence-corrected chi connectivity index (χ1v) is 10.2. The molecule has 0 spiro atoms. The topological polar surface area (TPSA) is 167 Å². The molecule has 1 aromatic carbocycles. The molecule has 5 atom stereocenters. The van der Waals surface area contributed by atoms with Gasteiger partial charge in [-0.25, -0.2) is 0 Å². The highest BCUT2D eigenvalue weighted by molar-refractivity contribution is 5.68. The van der Waals surface area contributed by atoms with E-state index in [9.17, 15) is 33.7 Å². The molecule has 0 unspecified atom stereocenters. The predicted octanol–water partition coefficient (Wildman–Crippen LogP) is 1.50. The number of benzene rings is 1. The number of hydrogen-bond donors (Lipinski definition) is 0. The summed E-state index contributed by atoms with van der Waals surface area (Å²) in [5.74, 6) is -4.53. The molecule has 0 aromatic heterocycles. The van der Waals surface area contributed by atoms with Crippen LogP contribution in [0, 0.1) is 22.9 Å². The lowest BCUT2D eigenvalue weighted by Crippen LogP contribution is -2.63. The van der Waals surface area contributed by atoms with Crippen LogP contribution in [0.3, 0.4) is 0 Å². The predicted molar refractivity (Wildman–Crippen MR) is 110 cm³/mol. The number of aryl methyl sites for hydroxylation is 1. The van der Waals surface area contributed by atoms with Crippen LogP contribution in [0.2, 0.25) is 0 Å². The van der Waals surface area contributed by atoms with Crippen LogP contribution in [0.4, 0.5) is 10.1 Å². The molecule has 0 N–H and O–H groups in total. The maximum Gasteiger partial charge on any atom is 0.308 e. The zero-order chi connectivity index (χ0) is 26.4. The second-order valence-electron chi connectivity index (χ2n) is 7.51. The minimum absolute atomic E-state index is 0.126. The molecule has 1 heterocycles. The van der Waals surface area contributed by atoms with Crippen molar-refractivity contribution >= 4 is 29.6 Å². The van der Waals surface area contributed by atoms with Gasteiger partial charge in [0.2, 0.25) is 18.2 Å². The highest BCUT2D eigenvalue weighted by Crippen LogP contribution is 2.34. The monoisotopic (exact) mass is 501 g/mol. The van der Waals surface area contributed by atoms with Gasteiger partial charge in [0.25, 0.3) is 0 Å². The van der Waals surface area contributed by atoms with Gasteiger partial charge in [0.15, 0.2) is 12.2 Å². The number of nitro groups is 1. The molecule has 35 heavy (non-hydrogen) atoms. The fraction of sp³-hybridized carbons (Fsp3) is 0.524. The van der Waals surface area contributed by atoms with E-state index in [0.717, 1.165) is 39.8 Å². The first-order valence-electron chi connectivity index (χ1n) is 10.2. The van der Waals surface area contributed by atoms with E-state index in [1.165, 1.54) is 6.92 Å². The van der Waals surface area contributed by atoms with Gasteiger partial charge >= 0.3 is 29.6 Å².